The molecule has 6 nitrogen and oxygen atoms in total. The Hall–Kier alpha value is -1.44. The van der Waals surface area contributed by atoms with Crippen LogP contribution in [0, 0.1) is 0 Å². The molecule has 7 heteroatoms. The van der Waals surface area contributed by atoms with Gasteiger partial charge in [0, 0.05) is 19.6 Å². The Morgan fingerprint density at radius 1 is 1.29 bits per heavy atom. The third kappa shape index (κ3) is 6.70. The summed E-state index contributed by atoms with van der Waals surface area (Å²) >= 11 is 0. The minimum atomic E-state index is -3.41. The highest BCUT2D eigenvalue weighted by molar-refractivity contribution is 7.88. The molecule has 0 saturated heterocycles. The first-order valence-electron chi connectivity index (χ1n) is 6.83. The molecule has 1 aromatic rings. The monoisotopic (exact) mass is 313 g/mol. The van der Waals surface area contributed by atoms with Gasteiger partial charge in [0.15, 0.2) is 0 Å². The van der Waals surface area contributed by atoms with Crippen LogP contribution in [0.25, 0.3) is 0 Å². The molecule has 0 radical (unpaired) electrons. The van der Waals surface area contributed by atoms with E-state index in [1.807, 2.05) is 30.3 Å². The number of nitrogens with one attached hydrogen (secondary N) is 1. The second-order valence-electron chi connectivity index (χ2n) is 4.96. The van der Waals surface area contributed by atoms with E-state index in [9.17, 15) is 13.2 Å². The molecule has 1 amide bonds. The van der Waals surface area contributed by atoms with E-state index in [4.69, 9.17) is 5.73 Å². The molecular formula is C14H23N3O3S. The molecule has 0 bridgehead atoms. The Kier molecular flexibility index (Phi) is 6.80. The second-order valence-corrected chi connectivity index (χ2v) is 6.74. The number of carbonyl (C=O) groups excluding carboxylic acids is 1. The lowest BCUT2D eigenvalue weighted by molar-refractivity contribution is -0.132. The number of rotatable bonds is 8. The molecule has 0 heterocycles. The normalized spacial score (nSPS) is 12.9. The number of nitrogens with zero attached hydrogens (tertiary/aromatic N) is 1. The van der Waals surface area contributed by atoms with Gasteiger partial charge in [-0.1, -0.05) is 30.3 Å². The van der Waals surface area contributed by atoms with Crippen LogP contribution in [0.4, 0.5) is 0 Å². The molecular weight excluding hydrogens is 290 g/mol. The van der Waals surface area contributed by atoms with Crippen molar-refractivity contribution in [3.8, 4) is 0 Å². The fourth-order valence-electron chi connectivity index (χ4n) is 2.04. The molecule has 1 atom stereocenters. The summed E-state index contributed by atoms with van der Waals surface area (Å²) in [5.74, 6) is -0.262. The quantitative estimate of drug-likeness (QED) is 0.704. The summed E-state index contributed by atoms with van der Waals surface area (Å²) in [5, 5.41) is 0. The standard InChI is InChI=1S/C14H23N3O3S/c1-12(16-21(2,19)20)14(18)17(11-9-15)10-8-13-6-4-3-5-7-13/h3-7,12,16H,8-11,15H2,1-2H3. The third-order valence-corrected chi connectivity index (χ3v) is 3.77. The van der Waals surface area contributed by atoms with Crippen LogP contribution in [-0.2, 0) is 21.2 Å². The average Bonchev–Trinajstić information content (AvgIpc) is 2.42. The van der Waals surface area contributed by atoms with Crippen LogP contribution < -0.4 is 10.5 Å². The molecule has 0 spiro atoms. The number of nitrogens with two attached hydrogens (primary N) is 1. The summed E-state index contributed by atoms with van der Waals surface area (Å²) < 4.78 is 24.7. The van der Waals surface area contributed by atoms with Gasteiger partial charge in [0.2, 0.25) is 15.9 Å². The van der Waals surface area contributed by atoms with Crippen molar-refractivity contribution in [2.24, 2.45) is 5.73 Å². The third-order valence-electron chi connectivity index (χ3n) is 2.99. The molecule has 1 unspecified atom stereocenters. The van der Waals surface area contributed by atoms with Crippen LogP contribution in [0.1, 0.15) is 12.5 Å². The first-order valence-corrected chi connectivity index (χ1v) is 8.72. The lowest BCUT2D eigenvalue weighted by Gasteiger charge is -2.25. The van der Waals surface area contributed by atoms with Gasteiger partial charge in [0.25, 0.3) is 0 Å². The molecule has 21 heavy (non-hydrogen) atoms. The molecule has 0 saturated carbocycles. The van der Waals surface area contributed by atoms with Gasteiger partial charge in [-0.25, -0.2) is 13.1 Å². The zero-order valence-electron chi connectivity index (χ0n) is 12.5. The van der Waals surface area contributed by atoms with E-state index in [2.05, 4.69) is 4.72 Å². The zero-order chi connectivity index (χ0) is 15.9. The average molecular weight is 313 g/mol. The van der Waals surface area contributed by atoms with E-state index < -0.39 is 16.1 Å². The van der Waals surface area contributed by atoms with Crippen molar-refractivity contribution in [3.63, 3.8) is 0 Å². The number of carbonyl (C=O) groups is 1. The number of amides is 1. The predicted molar refractivity (Wildman–Crippen MR) is 83.2 cm³/mol. The Morgan fingerprint density at radius 2 is 1.90 bits per heavy atom. The summed E-state index contributed by atoms with van der Waals surface area (Å²) in [5.41, 5.74) is 6.65. The van der Waals surface area contributed by atoms with Crippen molar-refractivity contribution in [2.45, 2.75) is 19.4 Å². The SMILES string of the molecule is CC(NS(C)(=O)=O)C(=O)N(CCN)CCc1ccccc1. The maximum atomic E-state index is 12.3. The smallest absolute Gasteiger partial charge is 0.240 e. The van der Waals surface area contributed by atoms with Crippen LogP contribution in [0.5, 0.6) is 0 Å². The fourth-order valence-corrected chi connectivity index (χ4v) is 2.79. The Morgan fingerprint density at radius 3 is 2.43 bits per heavy atom. The van der Waals surface area contributed by atoms with Crippen molar-refractivity contribution in [3.05, 3.63) is 35.9 Å². The molecule has 1 rings (SSSR count). The first kappa shape index (κ1) is 17.6. The van der Waals surface area contributed by atoms with E-state index >= 15 is 0 Å². The van der Waals surface area contributed by atoms with E-state index in [1.165, 1.54) is 6.92 Å². The number of hydrogen-bond acceptors (Lipinski definition) is 4. The van der Waals surface area contributed by atoms with Crippen molar-refractivity contribution >= 4 is 15.9 Å². The molecule has 0 aliphatic rings. The molecule has 0 aliphatic carbocycles. The molecule has 3 N–H and O–H groups in total. The topological polar surface area (TPSA) is 92.5 Å². The fraction of sp³-hybridized carbons (Fsp3) is 0.500. The van der Waals surface area contributed by atoms with Gasteiger partial charge >= 0.3 is 0 Å². The largest absolute Gasteiger partial charge is 0.340 e. The summed E-state index contributed by atoms with van der Waals surface area (Å²) in [6.45, 7) is 2.79. The Labute approximate surface area is 126 Å². The summed E-state index contributed by atoms with van der Waals surface area (Å²) in [4.78, 5) is 13.9. The van der Waals surface area contributed by atoms with Crippen molar-refractivity contribution in [2.75, 3.05) is 25.9 Å². The first-order chi connectivity index (χ1) is 9.83. The summed E-state index contributed by atoms with van der Waals surface area (Å²) in [6.07, 6.45) is 1.74. The maximum Gasteiger partial charge on any atom is 0.240 e. The molecule has 1 aromatic carbocycles. The highest BCUT2D eigenvalue weighted by atomic mass is 32.2. The highest BCUT2D eigenvalue weighted by Crippen LogP contribution is 2.03. The summed E-state index contributed by atoms with van der Waals surface area (Å²) in [7, 11) is -3.41. The van der Waals surface area contributed by atoms with E-state index in [0.717, 1.165) is 11.8 Å². The van der Waals surface area contributed by atoms with Gasteiger partial charge in [-0.05, 0) is 18.9 Å². The molecule has 0 aliphatic heterocycles. The van der Waals surface area contributed by atoms with E-state index in [-0.39, 0.29) is 5.91 Å². The van der Waals surface area contributed by atoms with Crippen LogP contribution >= 0.6 is 0 Å². The number of sulfonamides is 1. The van der Waals surface area contributed by atoms with Crippen molar-refractivity contribution in [1.29, 1.82) is 0 Å². The van der Waals surface area contributed by atoms with Gasteiger partial charge in [0.05, 0.1) is 12.3 Å². The lowest BCUT2D eigenvalue weighted by atomic mass is 10.1. The van der Waals surface area contributed by atoms with Crippen LogP contribution in [-0.4, -0.2) is 51.2 Å². The number of hydrogen-bond donors (Lipinski definition) is 2. The van der Waals surface area contributed by atoms with Crippen molar-refractivity contribution < 1.29 is 13.2 Å². The lowest BCUT2D eigenvalue weighted by Crippen LogP contribution is -2.48. The van der Waals surface area contributed by atoms with Crippen LogP contribution in [0.15, 0.2) is 30.3 Å². The Bertz CT molecular complexity index is 546. The second kappa shape index (κ2) is 8.11. The molecule has 118 valence electrons. The maximum absolute atomic E-state index is 12.3. The number of benzene rings is 1. The van der Waals surface area contributed by atoms with Gasteiger partial charge in [-0.3, -0.25) is 4.79 Å². The van der Waals surface area contributed by atoms with E-state index in [0.29, 0.717) is 26.1 Å². The molecule has 0 aromatic heterocycles. The van der Waals surface area contributed by atoms with Gasteiger partial charge < -0.3 is 10.6 Å². The van der Waals surface area contributed by atoms with Gasteiger partial charge in [0.1, 0.15) is 0 Å². The van der Waals surface area contributed by atoms with Crippen molar-refractivity contribution in [1.82, 2.24) is 9.62 Å². The highest BCUT2D eigenvalue weighted by Gasteiger charge is 2.22. The zero-order valence-corrected chi connectivity index (χ0v) is 13.3. The van der Waals surface area contributed by atoms with Gasteiger partial charge in [-0.15, -0.1) is 0 Å². The minimum Gasteiger partial charge on any atom is -0.340 e. The van der Waals surface area contributed by atoms with Gasteiger partial charge in [-0.2, -0.15) is 0 Å². The minimum absolute atomic E-state index is 0.262. The van der Waals surface area contributed by atoms with E-state index in [1.54, 1.807) is 4.90 Å². The van der Waals surface area contributed by atoms with Crippen LogP contribution in [0.2, 0.25) is 0 Å². The molecule has 0 fully saturated rings. The Balaban J connectivity index is 2.65. The van der Waals surface area contributed by atoms with Crippen LogP contribution in [0.3, 0.4) is 0 Å². The summed E-state index contributed by atoms with van der Waals surface area (Å²) in [6, 6.07) is 9.01. The predicted octanol–water partition coefficient (Wildman–Crippen LogP) is -0.0459.